The van der Waals surface area contributed by atoms with Gasteiger partial charge in [-0.25, -0.2) is 0 Å². The fourth-order valence-electron chi connectivity index (χ4n) is 0.827. The molecular formula is C7H10O3. The molecule has 1 heterocycles. The summed E-state index contributed by atoms with van der Waals surface area (Å²) >= 11 is 0. The molecule has 3 heteroatoms. The minimum atomic E-state index is -0.778. The fraction of sp³-hybridized carbons (Fsp3) is 0.714. The van der Waals surface area contributed by atoms with Crippen molar-refractivity contribution in [1.82, 2.24) is 0 Å². The van der Waals surface area contributed by atoms with Gasteiger partial charge < -0.3 is 14.6 Å². The maximum Gasteiger partial charge on any atom is 0.143 e. The molecule has 1 N–H and O–H groups in total. The predicted molar refractivity (Wildman–Crippen MR) is 35.4 cm³/mol. The van der Waals surface area contributed by atoms with Crippen molar-refractivity contribution < 1.29 is 14.6 Å². The Morgan fingerprint density at radius 3 is 3.10 bits per heavy atom. The van der Waals surface area contributed by atoms with Crippen LogP contribution in [0, 0.1) is 12.3 Å². The Labute approximate surface area is 59.9 Å². The Bertz CT molecular complexity index is 149. The van der Waals surface area contributed by atoms with Gasteiger partial charge >= 0.3 is 0 Å². The summed E-state index contributed by atoms with van der Waals surface area (Å²) in [6, 6.07) is 0. The Balaban J connectivity index is 2.20. The van der Waals surface area contributed by atoms with Gasteiger partial charge in [0.25, 0.3) is 0 Å². The highest BCUT2D eigenvalue weighted by atomic mass is 16.6. The van der Waals surface area contributed by atoms with Crippen LogP contribution in [0.25, 0.3) is 0 Å². The van der Waals surface area contributed by atoms with Gasteiger partial charge in [0, 0.05) is 7.11 Å². The van der Waals surface area contributed by atoms with E-state index in [0.29, 0.717) is 6.61 Å². The first-order chi connectivity index (χ1) is 4.79. The largest absolute Gasteiger partial charge is 0.382 e. The van der Waals surface area contributed by atoms with Crippen LogP contribution in [0.3, 0.4) is 0 Å². The van der Waals surface area contributed by atoms with Crippen LogP contribution in [0.4, 0.5) is 0 Å². The SMILES string of the molecule is C#CC(O)C1OC1COC. The lowest BCUT2D eigenvalue weighted by Gasteiger charge is -1.94. The standard InChI is InChI=1S/C7H10O3/c1-3-5(8)7-6(10-7)4-9-2/h1,5-8H,4H2,2H3. The maximum absolute atomic E-state index is 8.98. The molecule has 0 aromatic heterocycles. The molecule has 1 aliphatic heterocycles. The number of methoxy groups -OCH3 is 1. The molecule has 0 aromatic rings. The number of aliphatic hydroxyl groups excluding tert-OH is 1. The first-order valence-electron chi connectivity index (χ1n) is 3.08. The topological polar surface area (TPSA) is 42.0 Å². The Kier molecular flexibility index (Phi) is 2.28. The fourth-order valence-corrected chi connectivity index (χ4v) is 0.827. The lowest BCUT2D eigenvalue weighted by molar-refractivity contribution is 0.168. The van der Waals surface area contributed by atoms with E-state index in [1.54, 1.807) is 7.11 Å². The van der Waals surface area contributed by atoms with E-state index in [4.69, 9.17) is 21.0 Å². The average molecular weight is 142 g/mol. The summed E-state index contributed by atoms with van der Waals surface area (Å²) in [4.78, 5) is 0. The van der Waals surface area contributed by atoms with Crippen LogP contribution in [0.5, 0.6) is 0 Å². The van der Waals surface area contributed by atoms with Crippen molar-refractivity contribution in [2.45, 2.75) is 18.3 Å². The molecule has 0 saturated carbocycles. The van der Waals surface area contributed by atoms with Crippen molar-refractivity contribution in [1.29, 1.82) is 0 Å². The minimum absolute atomic E-state index is 0.00366. The van der Waals surface area contributed by atoms with Crippen LogP contribution < -0.4 is 0 Å². The Morgan fingerprint density at radius 1 is 1.90 bits per heavy atom. The molecule has 3 unspecified atom stereocenters. The highest BCUT2D eigenvalue weighted by molar-refractivity contribution is 5.05. The second kappa shape index (κ2) is 3.02. The highest BCUT2D eigenvalue weighted by Gasteiger charge is 2.43. The zero-order valence-electron chi connectivity index (χ0n) is 5.78. The van der Waals surface area contributed by atoms with Crippen LogP contribution in [0.1, 0.15) is 0 Å². The van der Waals surface area contributed by atoms with Gasteiger partial charge in [0.15, 0.2) is 0 Å². The number of epoxide rings is 1. The molecule has 0 aromatic carbocycles. The molecule has 3 nitrogen and oxygen atoms in total. The average Bonchev–Trinajstić information content (AvgIpc) is 2.67. The third-order valence-electron chi connectivity index (χ3n) is 1.43. The van der Waals surface area contributed by atoms with Gasteiger partial charge in [-0.15, -0.1) is 6.42 Å². The normalized spacial score (nSPS) is 32.9. The molecule has 56 valence electrons. The van der Waals surface area contributed by atoms with Gasteiger partial charge in [-0.05, 0) is 0 Å². The molecule has 0 bridgehead atoms. The van der Waals surface area contributed by atoms with E-state index in [0.717, 1.165) is 0 Å². The van der Waals surface area contributed by atoms with Crippen LogP contribution >= 0.6 is 0 Å². The molecular weight excluding hydrogens is 132 g/mol. The van der Waals surface area contributed by atoms with Crippen molar-refractivity contribution in [2.24, 2.45) is 0 Å². The second-order valence-electron chi connectivity index (χ2n) is 2.21. The minimum Gasteiger partial charge on any atom is -0.382 e. The van der Waals surface area contributed by atoms with E-state index in [1.165, 1.54) is 0 Å². The smallest absolute Gasteiger partial charge is 0.143 e. The van der Waals surface area contributed by atoms with E-state index >= 15 is 0 Å². The van der Waals surface area contributed by atoms with Crippen molar-refractivity contribution >= 4 is 0 Å². The first kappa shape index (κ1) is 7.55. The third-order valence-corrected chi connectivity index (χ3v) is 1.43. The lowest BCUT2D eigenvalue weighted by Crippen LogP contribution is -2.16. The number of terminal acetylenes is 1. The van der Waals surface area contributed by atoms with Crippen LogP contribution in [0.15, 0.2) is 0 Å². The van der Waals surface area contributed by atoms with Gasteiger partial charge in [-0.1, -0.05) is 5.92 Å². The van der Waals surface area contributed by atoms with E-state index in [1.807, 2.05) is 0 Å². The Hall–Kier alpha value is -0.560. The monoisotopic (exact) mass is 142 g/mol. The Morgan fingerprint density at radius 2 is 2.60 bits per heavy atom. The van der Waals surface area contributed by atoms with Gasteiger partial charge in [0.1, 0.15) is 18.3 Å². The molecule has 1 rings (SSSR count). The summed E-state index contributed by atoms with van der Waals surface area (Å²) in [5.74, 6) is 2.19. The van der Waals surface area contributed by atoms with Gasteiger partial charge in [-0.2, -0.15) is 0 Å². The van der Waals surface area contributed by atoms with Crippen LogP contribution in [0.2, 0.25) is 0 Å². The third kappa shape index (κ3) is 1.48. The summed E-state index contributed by atoms with van der Waals surface area (Å²) in [6.07, 6.45) is 3.97. The van der Waals surface area contributed by atoms with E-state index < -0.39 is 6.10 Å². The number of hydrogen-bond donors (Lipinski definition) is 1. The van der Waals surface area contributed by atoms with E-state index in [9.17, 15) is 0 Å². The number of ether oxygens (including phenoxy) is 2. The van der Waals surface area contributed by atoms with Crippen molar-refractivity contribution in [3.8, 4) is 12.3 Å². The van der Waals surface area contributed by atoms with Crippen molar-refractivity contribution in [3.05, 3.63) is 0 Å². The molecule has 0 radical (unpaired) electrons. The first-order valence-corrected chi connectivity index (χ1v) is 3.08. The molecule has 3 atom stereocenters. The lowest BCUT2D eigenvalue weighted by atomic mass is 10.2. The number of rotatable bonds is 3. The summed E-state index contributed by atoms with van der Waals surface area (Å²) in [5, 5.41) is 8.98. The van der Waals surface area contributed by atoms with Gasteiger partial charge in [0.2, 0.25) is 0 Å². The summed E-state index contributed by atoms with van der Waals surface area (Å²) in [7, 11) is 1.58. The van der Waals surface area contributed by atoms with Crippen molar-refractivity contribution in [3.63, 3.8) is 0 Å². The van der Waals surface area contributed by atoms with Crippen molar-refractivity contribution in [2.75, 3.05) is 13.7 Å². The number of hydrogen-bond acceptors (Lipinski definition) is 3. The van der Waals surface area contributed by atoms with Gasteiger partial charge in [0.05, 0.1) is 6.61 Å². The molecule has 0 aliphatic carbocycles. The zero-order valence-corrected chi connectivity index (χ0v) is 5.78. The molecule has 0 spiro atoms. The summed E-state index contributed by atoms with van der Waals surface area (Å²) in [5.41, 5.74) is 0. The zero-order chi connectivity index (χ0) is 7.56. The van der Waals surface area contributed by atoms with Gasteiger partial charge in [-0.3, -0.25) is 0 Å². The molecule has 1 aliphatic rings. The second-order valence-corrected chi connectivity index (χ2v) is 2.21. The van der Waals surface area contributed by atoms with Crippen LogP contribution in [-0.4, -0.2) is 37.1 Å². The molecule has 0 amide bonds. The molecule has 10 heavy (non-hydrogen) atoms. The highest BCUT2D eigenvalue weighted by Crippen LogP contribution is 2.24. The van der Waals surface area contributed by atoms with Crippen LogP contribution in [-0.2, 0) is 9.47 Å². The maximum atomic E-state index is 8.98. The quantitative estimate of drug-likeness (QED) is 0.422. The van der Waals surface area contributed by atoms with E-state index in [2.05, 4.69) is 5.92 Å². The van der Waals surface area contributed by atoms with E-state index in [-0.39, 0.29) is 12.2 Å². The number of aliphatic hydroxyl groups is 1. The predicted octanol–water partition coefficient (Wildman–Crippen LogP) is -0.606. The molecule has 1 saturated heterocycles. The molecule has 1 fully saturated rings. The summed E-state index contributed by atoms with van der Waals surface area (Å²) in [6.45, 7) is 0.503. The summed E-state index contributed by atoms with van der Waals surface area (Å²) < 4.78 is 9.78.